The first-order valence-corrected chi connectivity index (χ1v) is 9.02. The van der Waals surface area contributed by atoms with Crippen LogP contribution in [-0.2, 0) is 17.7 Å². The Hall–Kier alpha value is -0.900. The first kappa shape index (κ1) is 22.1. The number of nitrogens with one attached hydrogen (secondary N) is 2. The molecule has 1 aromatic heterocycles. The summed E-state index contributed by atoms with van der Waals surface area (Å²) in [7, 11) is 0. The van der Waals surface area contributed by atoms with E-state index in [4.69, 9.17) is 9.73 Å². The van der Waals surface area contributed by atoms with Gasteiger partial charge in [-0.25, -0.2) is 0 Å². The normalized spacial score (nSPS) is 18.6. The number of rotatable bonds is 6. The molecule has 1 atom stereocenters. The number of halogens is 1. The Balaban J connectivity index is 0.00000312. The first-order valence-electron chi connectivity index (χ1n) is 9.02. The molecule has 0 bridgehead atoms. The van der Waals surface area contributed by atoms with Crippen molar-refractivity contribution < 1.29 is 4.74 Å². The van der Waals surface area contributed by atoms with Gasteiger partial charge in [-0.3, -0.25) is 4.99 Å². The topological polar surface area (TPSA) is 76.4 Å². The minimum atomic E-state index is -0.0373. The molecule has 2 N–H and O–H groups in total. The number of aromatic nitrogens is 3. The number of ether oxygens (including phenoxy) is 1. The zero-order valence-electron chi connectivity index (χ0n) is 15.9. The van der Waals surface area contributed by atoms with Crippen molar-refractivity contribution in [1.82, 2.24) is 25.4 Å². The summed E-state index contributed by atoms with van der Waals surface area (Å²) in [4.78, 5) is 4.72. The molecule has 2 heterocycles. The van der Waals surface area contributed by atoms with Gasteiger partial charge in [0.2, 0.25) is 0 Å². The summed E-state index contributed by atoms with van der Waals surface area (Å²) in [5.41, 5.74) is -0.0373. The molecule has 1 aliphatic heterocycles. The van der Waals surface area contributed by atoms with E-state index in [9.17, 15) is 0 Å². The summed E-state index contributed by atoms with van der Waals surface area (Å²) in [6.07, 6.45) is 6.44. The molecule has 7 nitrogen and oxygen atoms in total. The van der Waals surface area contributed by atoms with Crippen molar-refractivity contribution in [2.24, 2.45) is 4.99 Å². The molecule has 0 spiro atoms. The second-order valence-corrected chi connectivity index (χ2v) is 7.27. The van der Waals surface area contributed by atoms with Crippen LogP contribution in [0.15, 0.2) is 11.3 Å². The Morgan fingerprint density at radius 1 is 1.40 bits per heavy atom. The van der Waals surface area contributed by atoms with Gasteiger partial charge < -0.3 is 19.9 Å². The SMILES string of the molecule is CCc1nncn1CCNC(=NCC1CCCCO1)NC(C)(C)C.I. The minimum absolute atomic E-state index is 0. The molecule has 144 valence electrons. The second-order valence-electron chi connectivity index (χ2n) is 7.27. The molecule has 1 saturated heterocycles. The van der Waals surface area contributed by atoms with E-state index in [1.54, 1.807) is 6.33 Å². The summed E-state index contributed by atoms with van der Waals surface area (Å²) in [5.74, 6) is 1.84. The van der Waals surface area contributed by atoms with E-state index in [0.29, 0.717) is 6.54 Å². The van der Waals surface area contributed by atoms with Crippen molar-refractivity contribution in [3.63, 3.8) is 0 Å². The molecule has 25 heavy (non-hydrogen) atoms. The fourth-order valence-corrected chi connectivity index (χ4v) is 2.67. The third-order valence-corrected chi connectivity index (χ3v) is 3.88. The third-order valence-electron chi connectivity index (χ3n) is 3.88. The van der Waals surface area contributed by atoms with Crippen molar-refractivity contribution in [1.29, 1.82) is 0 Å². The fraction of sp³-hybridized carbons (Fsp3) is 0.824. The van der Waals surface area contributed by atoms with Gasteiger partial charge in [0.1, 0.15) is 12.2 Å². The maximum absolute atomic E-state index is 5.77. The van der Waals surface area contributed by atoms with E-state index >= 15 is 0 Å². The highest BCUT2D eigenvalue weighted by Crippen LogP contribution is 2.12. The lowest BCUT2D eigenvalue weighted by atomic mass is 10.1. The van der Waals surface area contributed by atoms with E-state index < -0.39 is 0 Å². The predicted octanol–water partition coefficient (Wildman–Crippen LogP) is 2.36. The number of guanidine groups is 1. The van der Waals surface area contributed by atoms with Gasteiger partial charge in [-0.05, 0) is 40.0 Å². The molecular weight excluding hydrogens is 431 g/mol. The number of aliphatic imine (C=N–C) groups is 1. The maximum Gasteiger partial charge on any atom is 0.191 e. The Bertz CT molecular complexity index is 519. The highest BCUT2D eigenvalue weighted by molar-refractivity contribution is 14.0. The quantitative estimate of drug-likeness (QED) is 0.384. The molecule has 0 amide bonds. The molecule has 2 rings (SSSR count). The monoisotopic (exact) mass is 464 g/mol. The van der Waals surface area contributed by atoms with Crippen LogP contribution in [0.4, 0.5) is 0 Å². The van der Waals surface area contributed by atoms with E-state index in [-0.39, 0.29) is 35.6 Å². The van der Waals surface area contributed by atoms with Crippen molar-refractivity contribution in [3.8, 4) is 0 Å². The summed E-state index contributed by atoms with van der Waals surface area (Å²) < 4.78 is 7.84. The Morgan fingerprint density at radius 2 is 2.20 bits per heavy atom. The second kappa shape index (κ2) is 10.9. The van der Waals surface area contributed by atoms with Crippen LogP contribution in [-0.4, -0.2) is 52.1 Å². The van der Waals surface area contributed by atoms with Crippen molar-refractivity contribution in [2.45, 2.75) is 71.6 Å². The molecule has 1 fully saturated rings. The molecular formula is C17H33IN6O. The van der Waals surface area contributed by atoms with Crippen LogP contribution in [0.5, 0.6) is 0 Å². The smallest absolute Gasteiger partial charge is 0.191 e. The van der Waals surface area contributed by atoms with Crippen molar-refractivity contribution in [2.75, 3.05) is 19.7 Å². The predicted molar refractivity (Wildman–Crippen MR) is 112 cm³/mol. The summed E-state index contributed by atoms with van der Waals surface area (Å²) in [6.45, 7) is 11.7. The van der Waals surface area contributed by atoms with E-state index in [1.807, 2.05) is 0 Å². The third kappa shape index (κ3) is 8.35. The highest BCUT2D eigenvalue weighted by Gasteiger charge is 2.16. The number of aryl methyl sites for hydroxylation is 1. The van der Waals surface area contributed by atoms with Crippen LogP contribution in [0.1, 0.15) is 52.8 Å². The molecule has 1 aromatic rings. The van der Waals surface area contributed by atoms with Gasteiger partial charge in [-0.15, -0.1) is 34.2 Å². The Kier molecular flexibility index (Phi) is 9.70. The lowest BCUT2D eigenvalue weighted by molar-refractivity contribution is 0.0224. The minimum Gasteiger partial charge on any atom is -0.376 e. The van der Waals surface area contributed by atoms with E-state index in [2.05, 4.69) is 53.1 Å². The largest absolute Gasteiger partial charge is 0.376 e. The lowest BCUT2D eigenvalue weighted by Gasteiger charge is -2.25. The number of hydrogen-bond donors (Lipinski definition) is 2. The van der Waals surface area contributed by atoms with Gasteiger partial charge in [-0.1, -0.05) is 6.92 Å². The summed E-state index contributed by atoms with van der Waals surface area (Å²) >= 11 is 0. The van der Waals surface area contributed by atoms with Gasteiger partial charge in [0.25, 0.3) is 0 Å². The van der Waals surface area contributed by atoms with Crippen LogP contribution >= 0.6 is 24.0 Å². The summed E-state index contributed by atoms with van der Waals surface area (Å²) in [5, 5.41) is 14.9. The average Bonchev–Trinajstić information content (AvgIpc) is 2.99. The van der Waals surface area contributed by atoms with Crippen molar-refractivity contribution in [3.05, 3.63) is 12.2 Å². The standard InChI is InChI=1S/C17H32N6O.HI/c1-5-15-22-20-13-23(15)10-9-18-16(21-17(2,3)4)19-12-14-8-6-7-11-24-14;/h13-14H,5-12H2,1-4H3,(H2,18,19,21);1H. The zero-order chi connectivity index (χ0) is 17.4. The Morgan fingerprint density at radius 3 is 2.84 bits per heavy atom. The first-order chi connectivity index (χ1) is 11.5. The Labute approximate surface area is 168 Å². The van der Waals surface area contributed by atoms with Crippen LogP contribution in [0.25, 0.3) is 0 Å². The lowest BCUT2D eigenvalue weighted by Crippen LogP contribution is -2.48. The van der Waals surface area contributed by atoms with Gasteiger partial charge in [-0.2, -0.15) is 0 Å². The zero-order valence-corrected chi connectivity index (χ0v) is 18.2. The molecule has 8 heteroatoms. The fourth-order valence-electron chi connectivity index (χ4n) is 2.67. The average molecular weight is 464 g/mol. The van der Waals surface area contributed by atoms with Gasteiger partial charge >= 0.3 is 0 Å². The van der Waals surface area contributed by atoms with E-state index in [1.165, 1.54) is 12.8 Å². The van der Waals surface area contributed by atoms with Gasteiger partial charge in [0.05, 0.1) is 12.6 Å². The van der Waals surface area contributed by atoms with Crippen LogP contribution in [0.2, 0.25) is 0 Å². The van der Waals surface area contributed by atoms with Gasteiger partial charge in [0.15, 0.2) is 5.96 Å². The molecule has 1 unspecified atom stereocenters. The number of nitrogens with zero attached hydrogens (tertiary/aromatic N) is 4. The molecule has 0 saturated carbocycles. The molecule has 0 aliphatic carbocycles. The molecule has 0 radical (unpaired) electrons. The van der Waals surface area contributed by atoms with Crippen LogP contribution < -0.4 is 10.6 Å². The number of hydrogen-bond acceptors (Lipinski definition) is 4. The maximum atomic E-state index is 5.77. The van der Waals surface area contributed by atoms with Crippen LogP contribution in [0.3, 0.4) is 0 Å². The molecule has 1 aliphatic rings. The van der Waals surface area contributed by atoms with E-state index in [0.717, 1.165) is 44.3 Å². The molecule has 0 aromatic carbocycles. The van der Waals surface area contributed by atoms with Gasteiger partial charge in [0, 0.05) is 31.7 Å². The summed E-state index contributed by atoms with van der Waals surface area (Å²) in [6, 6.07) is 0. The van der Waals surface area contributed by atoms with Crippen LogP contribution in [0, 0.1) is 0 Å². The highest BCUT2D eigenvalue weighted by atomic mass is 127. The van der Waals surface area contributed by atoms with Crippen molar-refractivity contribution >= 4 is 29.9 Å².